The van der Waals surface area contributed by atoms with Gasteiger partial charge in [0, 0.05) is 69.2 Å². The van der Waals surface area contributed by atoms with Crippen LogP contribution in [0.25, 0.3) is 11.3 Å². The molecule has 2 aliphatic heterocycles. The zero-order valence-electron chi connectivity index (χ0n) is 17.9. The molecule has 0 spiro atoms. The molecule has 1 aromatic carbocycles. The molecule has 2 saturated heterocycles. The Morgan fingerprint density at radius 2 is 1.79 bits per heavy atom. The molecule has 6 nitrogen and oxygen atoms in total. The molecule has 0 aliphatic carbocycles. The monoisotopic (exact) mass is 397 g/mol. The Hall–Kier alpha value is -1.73. The van der Waals surface area contributed by atoms with Gasteiger partial charge in [0.1, 0.15) is 0 Å². The quantitative estimate of drug-likeness (QED) is 0.808. The number of nitrogens with zero attached hydrogens (tertiary/aromatic N) is 5. The molecule has 1 N–H and O–H groups in total. The van der Waals surface area contributed by atoms with Crippen molar-refractivity contribution in [3.05, 3.63) is 42.1 Å². The van der Waals surface area contributed by atoms with E-state index in [4.69, 9.17) is 5.10 Å². The van der Waals surface area contributed by atoms with Crippen molar-refractivity contribution in [2.75, 3.05) is 46.4 Å². The van der Waals surface area contributed by atoms with Crippen LogP contribution >= 0.6 is 0 Å². The largest absolute Gasteiger partial charge is 0.396 e. The summed E-state index contributed by atoms with van der Waals surface area (Å²) in [6, 6.07) is 11.6. The second kappa shape index (κ2) is 9.39. The highest BCUT2D eigenvalue weighted by atomic mass is 16.3. The van der Waals surface area contributed by atoms with Crippen LogP contribution in [0.1, 0.15) is 24.8 Å². The lowest BCUT2D eigenvalue weighted by atomic mass is 9.98. The van der Waals surface area contributed by atoms with E-state index in [1.165, 1.54) is 37.1 Å². The van der Waals surface area contributed by atoms with Crippen LogP contribution in [0, 0.1) is 0 Å². The van der Waals surface area contributed by atoms with E-state index in [9.17, 15) is 5.11 Å². The number of piperidine rings is 1. The molecule has 1 atom stereocenters. The first kappa shape index (κ1) is 20.5. The van der Waals surface area contributed by atoms with Crippen LogP contribution in [0.3, 0.4) is 0 Å². The predicted molar refractivity (Wildman–Crippen MR) is 117 cm³/mol. The summed E-state index contributed by atoms with van der Waals surface area (Å²) in [6.07, 6.45) is 5.52. The zero-order chi connectivity index (χ0) is 20.2. The summed E-state index contributed by atoms with van der Waals surface area (Å²) in [4.78, 5) is 7.68. The second-order valence-electron chi connectivity index (χ2n) is 8.72. The minimum Gasteiger partial charge on any atom is -0.396 e. The molecule has 1 aromatic heterocycles. The average molecular weight is 398 g/mol. The van der Waals surface area contributed by atoms with Crippen LogP contribution < -0.4 is 0 Å². The molecule has 4 rings (SSSR count). The van der Waals surface area contributed by atoms with Gasteiger partial charge in [-0.15, -0.1) is 0 Å². The number of benzene rings is 1. The van der Waals surface area contributed by atoms with Gasteiger partial charge < -0.3 is 10.0 Å². The lowest BCUT2D eigenvalue weighted by Gasteiger charge is -2.47. The maximum atomic E-state index is 9.68. The third-order valence-electron chi connectivity index (χ3n) is 6.58. The smallest absolute Gasteiger partial charge is 0.0968 e. The molecule has 158 valence electrons. The fraction of sp³-hybridized carbons (Fsp3) is 0.609. The summed E-state index contributed by atoms with van der Waals surface area (Å²) in [5, 5.41) is 14.4. The number of likely N-dealkylation sites (tertiary alicyclic amines) is 1. The molecule has 2 fully saturated rings. The molecule has 29 heavy (non-hydrogen) atoms. The second-order valence-corrected chi connectivity index (χ2v) is 8.72. The molecule has 0 saturated carbocycles. The van der Waals surface area contributed by atoms with E-state index in [0.717, 1.165) is 38.3 Å². The van der Waals surface area contributed by atoms with Crippen LogP contribution in [0.15, 0.2) is 36.5 Å². The van der Waals surface area contributed by atoms with Gasteiger partial charge in [0.2, 0.25) is 0 Å². The molecule has 1 unspecified atom stereocenters. The Bertz CT molecular complexity index is 769. The fourth-order valence-electron chi connectivity index (χ4n) is 5.02. The molecule has 3 heterocycles. The van der Waals surface area contributed by atoms with Crippen LogP contribution in [-0.4, -0.2) is 88.0 Å². The number of rotatable bonds is 6. The molecule has 6 heteroatoms. The van der Waals surface area contributed by atoms with Gasteiger partial charge in [-0.2, -0.15) is 5.10 Å². The van der Waals surface area contributed by atoms with Crippen molar-refractivity contribution in [1.29, 1.82) is 0 Å². The molecule has 0 bridgehead atoms. The number of aromatic nitrogens is 2. The Labute approximate surface area is 174 Å². The van der Waals surface area contributed by atoms with Gasteiger partial charge in [0.05, 0.1) is 5.69 Å². The van der Waals surface area contributed by atoms with Crippen molar-refractivity contribution in [3.63, 3.8) is 0 Å². The van der Waals surface area contributed by atoms with Crippen LogP contribution in [0.4, 0.5) is 0 Å². The van der Waals surface area contributed by atoms with Gasteiger partial charge in [-0.3, -0.25) is 14.5 Å². The molecular weight excluding hydrogens is 362 g/mol. The third-order valence-corrected chi connectivity index (χ3v) is 6.58. The highest BCUT2D eigenvalue weighted by Crippen LogP contribution is 2.26. The average Bonchev–Trinajstić information content (AvgIpc) is 3.10. The number of hydrogen-bond acceptors (Lipinski definition) is 5. The fourth-order valence-corrected chi connectivity index (χ4v) is 5.02. The maximum Gasteiger partial charge on any atom is 0.0968 e. The lowest BCUT2D eigenvalue weighted by Crippen LogP contribution is -2.58. The number of aliphatic hydroxyl groups excluding tert-OH is 1. The number of aliphatic hydroxyl groups is 1. The highest BCUT2D eigenvalue weighted by Gasteiger charge is 2.33. The van der Waals surface area contributed by atoms with Crippen molar-refractivity contribution in [2.24, 2.45) is 7.05 Å². The van der Waals surface area contributed by atoms with E-state index in [-0.39, 0.29) is 6.61 Å². The molecule has 0 radical (unpaired) electrons. The Morgan fingerprint density at radius 1 is 1.03 bits per heavy atom. The van der Waals surface area contributed by atoms with Gasteiger partial charge in [0.15, 0.2) is 0 Å². The van der Waals surface area contributed by atoms with Crippen LogP contribution in [0.2, 0.25) is 0 Å². The Morgan fingerprint density at radius 3 is 2.52 bits per heavy atom. The summed E-state index contributed by atoms with van der Waals surface area (Å²) >= 11 is 0. The lowest BCUT2D eigenvalue weighted by molar-refractivity contribution is 0.00603. The minimum absolute atomic E-state index is 0.268. The van der Waals surface area contributed by atoms with E-state index in [1.807, 2.05) is 17.8 Å². The normalized spacial score (nSPS) is 22.9. The first-order valence-corrected chi connectivity index (χ1v) is 11.0. The first-order chi connectivity index (χ1) is 14.1. The molecule has 2 aliphatic rings. The van der Waals surface area contributed by atoms with Crippen molar-refractivity contribution in [2.45, 2.75) is 37.9 Å². The summed E-state index contributed by atoms with van der Waals surface area (Å²) in [5.41, 5.74) is 3.55. The summed E-state index contributed by atoms with van der Waals surface area (Å²) in [7, 11) is 4.22. The van der Waals surface area contributed by atoms with Crippen molar-refractivity contribution in [1.82, 2.24) is 24.5 Å². The van der Waals surface area contributed by atoms with E-state index in [0.29, 0.717) is 12.1 Å². The third kappa shape index (κ3) is 4.89. The van der Waals surface area contributed by atoms with Gasteiger partial charge in [0.25, 0.3) is 0 Å². The van der Waals surface area contributed by atoms with E-state index in [2.05, 4.69) is 52.2 Å². The summed E-state index contributed by atoms with van der Waals surface area (Å²) in [5.74, 6) is 0. The van der Waals surface area contributed by atoms with E-state index < -0.39 is 0 Å². The molecule has 2 aromatic rings. The van der Waals surface area contributed by atoms with Crippen LogP contribution in [-0.2, 0) is 13.6 Å². The zero-order valence-corrected chi connectivity index (χ0v) is 17.9. The Balaban J connectivity index is 1.45. The topological polar surface area (TPSA) is 47.8 Å². The van der Waals surface area contributed by atoms with Gasteiger partial charge in [-0.05, 0) is 39.4 Å². The van der Waals surface area contributed by atoms with Crippen LogP contribution in [0.5, 0.6) is 0 Å². The van der Waals surface area contributed by atoms with E-state index in [1.54, 1.807) is 0 Å². The SMILES string of the molecule is CN1CCC(N2CCN(Cc3cn(C)nc3-c3ccccc3)CC2CCO)CC1. The standard InChI is InChI=1S/C23H35N5O/c1-25-11-8-21(9-12-25)28-14-13-27(18-22(28)10-15-29)17-20-16-26(2)24-23(20)19-6-4-3-5-7-19/h3-7,16,21-22,29H,8-15,17-18H2,1-2H3. The molecular formula is C23H35N5O. The van der Waals surface area contributed by atoms with Crippen molar-refractivity contribution in [3.8, 4) is 11.3 Å². The number of hydrogen-bond donors (Lipinski definition) is 1. The van der Waals surface area contributed by atoms with Gasteiger partial charge >= 0.3 is 0 Å². The van der Waals surface area contributed by atoms with Crippen molar-refractivity contribution < 1.29 is 5.11 Å². The van der Waals surface area contributed by atoms with Gasteiger partial charge in [-0.1, -0.05) is 30.3 Å². The first-order valence-electron chi connectivity index (χ1n) is 11.0. The van der Waals surface area contributed by atoms with E-state index >= 15 is 0 Å². The summed E-state index contributed by atoms with van der Waals surface area (Å²) in [6.45, 7) is 6.76. The predicted octanol–water partition coefficient (Wildman–Crippen LogP) is 2.05. The minimum atomic E-state index is 0.268. The number of piperazine rings is 1. The number of aryl methyl sites for hydroxylation is 1. The highest BCUT2D eigenvalue weighted by molar-refractivity contribution is 5.62. The maximum absolute atomic E-state index is 9.68. The summed E-state index contributed by atoms with van der Waals surface area (Å²) < 4.78 is 1.93. The van der Waals surface area contributed by atoms with Gasteiger partial charge in [-0.25, -0.2) is 0 Å². The Kier molecular flexibility index (Phi) is 6.65. The van der Waals surface area contributed by atoms with Crippen molar-refractivity contribution >= 4 is 0 Å². The molecule has 0 amide bonds.